The van der Waals surface area contributed by atoms with E-state index in [-0.39, 0.29) is 16.8 Å². The molecule has 0 aliphatic rings. The molecule has 22 heavy (non-hydrogen) atoms. The van der Waals surface area contributed by atoms with Gasteiger partial charge in [0.1, 0.15) is 9.88 Å². The first-order chi connectivity index (χ1) is 10.3. The van der Waals surface area contributed by atoms with Crippen LogP contribution in [0.1, 0.15) is 49.3 Å². The SMILES string of the molecule is Cc1cc(Br)ccc1C(=O)NC(C)c1nc(C)c(C(=O)O)s1. The van der Waals surface area contributed by atoms with Gasteiger partial charge in [-0.15, -0.1) is 11.3 Å². The van der Waals surface area contributed by atoms with Gasteiger partial charge in [-0.2, -0.15) is 0 Å². The third-order valence-corrected chi connectivity index (χ3v) is 4.98. The Morgan fingerprint density at radius 1 is 1.36 bits per heavy atom. The molecule has 0 aliphatic carbocycles. The summed E-state index contributed by atoms with van der Waals surface area (Å²) in [5.41, 5.74) is 1.91. The maximum absolute atomic E-state index is 12.3. The maximum Gasteiger partial charge on any atom is 0.347 e. The number of nitrogens with zero attached hydrogens (tertiary/aromatic N) is 1. The molecular weight excluding hydrogens is 368 g/mol. The Kier molecular flexibility index (Phi) is 4.97. The predicted molar refractivity (Wildman–Crippen MR) is 88.6 cm³/mol. The third-order valence-electron chi connectivity index (χ3n) is 3.16. The quantitative estimate of drug-likeness (QED) is 0.844. The van der Waals surface area contributed by atoms with Crippen molar-refractivity contribution < 1.29 is 14.7 Å². The van der Waals surface area contributed by atoms with E-state index in [1.54, 1.807) is 19.9 Å². The number of carbonyl (C=O) groups excluding carboxylic acids is 1. The number of aryl methyl sites for hydroxylation is 2. The first-order valence-electron chi connectivity index (χ1n) is 6.57. The Morgan fingerprint density at radius 2 is 2.05 bits per heavy atom. The molecule has 116 valence electrons. The number of hydrogen-bond donors (Lipinski definition) is 2. The summed E-state index contributed by atoms with van der Waals surface area (Å²) in [4.78, 5) is 27.8. The van der Waals surface area contributed by atoms with Gasteiger partial charge in [0.2, 0.25) is 0 Å². The van der Waals surface area contributed by atoms with E-state index in [1.807, 2.05) is 19.1 Å². The molecule has 2 rings (SSSR count). The van der Waals surface area contributed by atoms with Gasteiger partial charge in [0, 0.05) is 10.0 Å². The minimum absolute atomic E-state index is 0.205. The van der Waals surface area contributed by atoms with E-state index in [0.717, 1.165) is 21.4 Å². The number of thiazole rings is 1. The van der Waals surface area contributed by atoms with E-state index in [9.17, 15) is 9.59 Å². The zero-order chi connectivity index (χ0) is 16.4. The zero-order valence-corrected chi connectivity index (χ0v) is 14.7. The molecule has 5 nitrogen and oxygen atoms in total. The van der Waals surface area contributed by atoms with Gasteiger partial charge in [-0.1, -0.05) is 15.9 Å². The van der Waals surface area contributed by atoms with E-state index in [4.69, 9.17) is 5.11 Å². The molecule has 1 aromatic heterocycles. The zero-order valence-electron chi connectivity index (χ0n) is 12.3. The highest BCUT2D eigenvalue weighted by Gasteiger charge is 2.20. The largest absolute Gasteiger partial charge is 0.477 e. The number of halogens is 1. The van der Waals surface area contributed by atoms with Crippen molar-refractivity contribution in [1.29, 1.82) is 0 Å². The summed E-state index contributed by atoms with van der Waals surface area (Å²) in [6, 6.07) is 5.07. The number of aromatic nitrogens is 1. The number of rotatable bonds is 4. The Labute approximate surface area is 140 Å². The molecule has 1 atom stereocenters. The molecule has 0 saturated carbocycles. The number of aromatic carboxylic acids is 1. The highest BCUT2D eigenvalue weighted by Crippen LogP contribution is 2.24. The van der Waals surface area contributed by atoms with Crippen LogP contribution in [0, 0.1) is 13.8 Å². The molecule has 0 bridgehead atoms. The lowest BCUT2D eigenvalue weighted by atomic mass is 10.1. The monoisotopic (exact) mass is 382 g/mol. The van der Waals surface area contributed by atoms with Gasteiger partial charge in [-0.25, -0.2) is 9.78 Å². The topological polar surface area (TPSA) is 79.3 Å². The molecule has 2 N–H and O–H groups in total. The molecule has 0 radical (unpaired) electrons. The van der Waals surface area contributed by atoms with E-state index in [1.165, 1.54) is 0 Å². The molecule has 0 saturated heterocycles. The molecule has 0 aliphatic heterocycles. The molecular formula is C15H15BrN2O3S. The summed E-state index contributed by atoms with van der Waals surface area (Å²) in [5, 5.41) is 12.5. The normalized spacial score (nSPS) is 12.0. The van der Waals surface area contributed by atoms with Gasteiger partial charge in [-0.3, -0.25) is 4.79 Å². The lowest BCUT2D eigenvalue weighted by Crippen LogP contribution is -2.27. The average Bonchev–Trinajstić information content (AvgIpc) is 2.80. The van der Waals surface area contributed by atoms with Crippen LogP contribution in [0.3, 0.4) is 0 Å². The minimum Gasteiger partial charge on any atom is -0.477 e. The summed E-state index contributed by atoms with van der Waals surface area (Å²) in [6.45, 7) is 5.30. The van der Waals surface area contributed by atoms with Crippen LogP contribution in [0.15, 0.2) is 22.7 Å². The van der Waals surface area contributed by atoms with Gasteiger partial charge in [0.25, 0.3) is 5.91 Å². The minimum atomic E-state index is -0.997. The Bertz CT molecular complexity index is 742. The van der Waals surface area contributed by atoms with Crippen molar-refractivity contribution in [2.75, 3.05) is 0 Å². The molecule has 1 amide bonds. The number of carbonyl (C=O) groups is 2. The lowest BCUT2D eigenvalue weighted by molar-refractivity contribution is 0.0701. The fourth-order valence-electron chi connectivity index (χ4n) is 2.02. The first kappa shape index (κ1) is 16.6. The smallest absolute Gasteiger partial charge is 0.347 e. The van der Waals surface area contributed by atoms with Crippen LogP contribution in [0.4, 0.5) is 0 Å². The van der Waals surface area contributed by atoms with Crippen LogP contribution in [0.5, 0.6) is 0 Å². The molecule has 2 aromatic rings. The van der Waals surface area contributed by atoms with Gasteiger partial charge in [0.05, 0.1) is 11.7 Å². The van der Waals surface area contributed by atoms with Crippen LogP contribution < -0.4 is 5.32 Å². The van der Waals surface area contributed by atoms with Crippen molar-refractivity contribution in [3.8, 4) is 0 Å². The van der Waals surface area contributed by atoms with Crippen molar-refractivity contribution in [2.45, 2.75) is 26.8 Å². The van der Waals surface area contributed by atoms with Crippen LogP contribution in [-0.2, 0) is 0 Å². The molecule has 7 heteroatoms. The molecule has 1 heterocycles. The van der Waals surface area contributed by atoms with E-state index >= 15 is 0 Å². The van der Waals surface area contributed by atoms with E-state index in [2.05, 4.69) is 26.2 Å². The van der Waals surface area contributed by atoms with Crippen LogP contribution in [0.25, 0.3) is 0 Å². The summed E-state index contributed by atoms with van der Waals surface area (Å²) in [6.07, 6.45) is 0. The van der Waals surface area contributed by atoms with Crippen molar-refractivity contribution in [1.82, 2.24) is 10.3 Å². The highest BCUT2D eigenvalue weighted by molar-refractivity contribution is 9.10. The summed E-state index contributed by atoms with van der Waals surface area (Å²) in [7, 11) is 0. The standard InChI is InChI=1S/C15H15BrN2O3S/c1-7-6-10(16)4-5-11(7)13(19)17-9(3)14-18-8(2)12(22-14)15(20)21/h4-6,9H,1-3H3,(H,17,19)(H,20,21). The number of benzene rings is 1. The summed E-state index contributed by atoms with van der Waals surface area (Å²) >= 11 is 4.45. The number of carboxylic acids is 1. The maximum atomic E-state index is 12.3. The third kappa shape index (κ3) is 3.53. The second kappa shape index (κ2) is 6.58. The predicted octanol–water partition coefficient (Wildman–Crippen LogP) is 3.71. The Balaban J connectivity index is 2.17. The molecule has 1 unspecified atom stereocenters. The van der Waals surface area contributed by atoms with Crippen molar-refractivity contribution in [3.05, 3.63) is 49.4 Å². The number of hydrogen-bond acceptors (Lipinski definition) is 4. The first-order valence-corrected chi connectivity index (χ1v) is 8.18. The van der Waals surface area contributed by atoms with Crippen LogP contribution in [-0.4, -0.2) is 22.0 Å². The van der Waals surface area contributed by atoms with Gasteiger partial charge in [-0.05, 0) is 44.5 Å². The van der Waals surface area contributed by atoms with Gasteiger partial charge >= 0.3 is 5.97 Å². The Hall–Kier alpha value is -1.73. The van der Waals surface area contributed by atoms with Crippen LogP contribution in [0.2, 0.25) is 0 Å². The van der Waals surface area contributed by atoms with Gasteiger partial charge < -0.3 is 10.4 Å². The van der Waals surface area contributed by atoms with Crippen molar-refractivity contribution >= 4 is 39.1 Å². The summed E-state index contributed by atoms with van der Waals surface area (Å²) in [5.74, 6) is -1.20. The van der Waals surface area contributed by atoms with Crippen molar-refractivity contribution in [2.24, 2.45) is 0 Å². The second-order valence-corrected chi connectivity index (χ2v) is 6.87. The number of amides is 1. The molecule has 0 spiro atoms. The van der Waals surface area contributed by atoms with Crippen molar-refractivity contribution in [3.63, 3.8) is 0 Å². The van der Waals surface area contributed by atoms with E-state index in [0.29, 0.717) is 16.3 Å². The molecule has 1 aromatic carbocycles. The second-order valence-electron chi connectivity index (χ2n) is 4.93. The average molecular weight is 383 g/mol. The Morgan fingerprint density at radius 3 is 2.59 bits per heavy atom. The summed E-state index contributed by atoms with van der Waals surface area (Å²) < 4.78 is 0.913. The van der Waals surface area contributed by atoms with E-state index < -0.39 is 5.97 Å². The number of nitrogens with one attached hydrogen (secondary N) is 1. The van der Waals surface area contributed by atoms with Crippen LogP contribution >= 0.6 is 27.3 Å². The highest BCUT2D eigenvalue weighted by atomic mass is 79.9. The molecule has 0 fully saturated rings. The fourth-order valence-corrected chi connectivity index (χ4v) is 3.40. The fraction of sp³-hybridized carbons (Fsp3) is 0.267. The number of carboxylic acid groups (broad SMARTS) is 1. The van der Waals surface area contributed by atoms with Gasteiger partial charge in [0.15, 0.2) is 0 Å². The lowest BCUT2D eigenvalue weighted by Gasteiger charge is -2.12.